The van der Waals surface area contributed by atoms with Crippen LogP contribution in [0.2, 0.25) is 0 Å². The fourth-order valence-corrected chi connectivity index (χ4v) is 3.41. The van der Waals surface area contributed by atoms with Gasteiger partial charge in [-0.2, -0.15) is 18.3 Å². The predicted molar refractivity (Wildman–Crippen MR) is 103 cm³/mol. The monoisotopic (exact) mass is 388 g/mol. The Morgan fingerprint density at radius 3 is 2.54 bits per heavy atom. The minimum absolute atomic E-state index is 0.000180. The first-order valence-electron chi connectivity index (χ1n) is 9.51. The zero-order chi connectivity index (χ0) is 20.1. The van der Waals surface area contributed by atoms with Gasteiger partial charge in [0.15, 0.2) is 0 Å². The molecule has 1 atom stereocenters. The van der Waals surface area contributed by atoms with Gasteiger partial charge in [-0.25, -0.2) is 5.01 Å². The number of benzene rings is 2. The fraction of sp³-hybridized carbons (Fsp3) is 0.364. The van der Waals surface area contributed by atoms with Gasteiger partial charge in [0.25, 0.3) is 5.91 Å². The molecule has 2 aromatic rings. The third-order valence-electron chi connectivity index (χ3n) is 4.92. The van der Waals surface area contributed by atoms with Crippen molar-refractivity contribution in [1.82, 2.24) is 5.01 Å². The zero-order valence-electron chi connectivity index (χ0n) is 15.7. The molecule has 0 radical (unpaired) electrons. The van der Waals surface area contributed by atoms with Crippen molar-refractivity contribution in [1.29, 1.82) is 0 Å². The molecule has 1 aliphatic rings. The Balaban J connectivity index is 1.84. The van der Waals surface area contributed by atoms with Crippen LogP contribution in [0.1, 0.15) is 60.0 Å². The van der Waals surface area contributed by atoms with E-state index in [4.69, 9.17) is 0 Å². The molecular weight excluding hydrogens is 365 g/mol. The van der Waals surface area contributed by atoms with Gasteiger partial charge in [-0.15, -0.1) is 0 Å². The summed E-state index contributed by atoms with van der Waals surface area (Å²) in [5.41, 5.74) is 1.15. The molecule has 3 rings (SSSR count). The predicted octanol–water partition coefficient (Wildman–Crippen LogP) is 5.88. The van der Waals surface area contributed by atoms with Crippen LogP contribution in [0.4, 0.5) is 13.2 Å². The van der Waals surface area contributed by atoms with E-state index in [2.05, 4.69) is 12.0 Å². The van der Waals surface area contributed by atoms with E-state index >= 15 is 0 Å². The van der Waals surface area contributed by atoms with E-state index in [0.717, 1.165) is 49.1 Å². The number of amides is 1. The minimum atomic E-state index is -4.48. The van der Waals surface area contributed by atoms with Crippen molar-refractivity contribution in [3.8, 4) is 0 Å². The van der Waals surface area contributed by atoms with E-state index in [-0.39, 0.29) is 11.5 Å². The molecule has 2 aromatic carbocycles. The van der Waals surface area contributed by atoms with E-state index in [1.54, 1.807) is 0 Å². The van der Waals surface area contributed by atoms with Gasteiger partial charge in [0, 0.05) is 17.2 Å². The van der Waals surface area contributed by atoms with Crippen molar-refractivity contribution in [3.63, 3.8) is 0 Å². The number of hydrogen-bond acceptors (Lipinski definition) is 2. The summed E-state index contributed by atoms with van der Waals surface area (Å²) in [5, 5.41) is 5.82. The summed E-state index contributed by atoms with van der Waals surface area (Å²) >= 11 is 0. The van der Waals surface area contributed by atoms with Crippen molar-refractivity contribution >= 4 is 11.6 Å². The Labute approximate surface area is 162 Å². The first-order valence-corrected chi connectivity index (χ1v) is 9.51. The van der Waals surface area contributed by atoms with Gasteiger partial charge < -0.3 is 0 Å². The summed E-state index contributed by atoms with van der Waals surface area (Å²) in [6.45, 7) is 2.47. The van der Waals surface area contributed by atoms with Gasteiger partial charge in [-0.3, -0.25) is 4.79 Å². The lowest BCUT2D eigenvalue weighted by molar-refractivity contribution is -0.137. The highest BCUT2D eigenvalue weighted by atomic mass is 19.4. The van der Waals surface area contributed by atoms with Gasteiger partial charge in [-0.05, 0) is 36.6 Å². The lowest BCUT2D eigenvalue weighted by Crippen LogP contribution is -2.26. The van der Waals surface area contributed by atoms with Gasteiger partial charge in [0.2, 0.25) is 0 Å². The second kappa shape index (κ2) is 8.59. The van der Waals surface area contributed by atoms with E-state index in [1.807, 2.05) is 30.3 Å². The lowest BCUT2D eigenvalue weighted by Gasteiger charge is -2.16. The van der Waals surface area contributed by atoms with Gasteiger partial charge in [0.1, 0.15) is 0 Å². The van der Waals surface area contributed by atoms with Crippen LogP contribution in [0, 0.1) is 0 Å². The van der Waals surface area contributed by atoms with Crippen molar-refractivity contribution < 1.29 is 18.0 Å². The number of carbonyl (C=O) groups excluding carboxylic acids is 1. The molecule has 0 aromatic heterocycles. The van der Waals surface area contributed by atoms with Crippen LogP contribution in [-0.2, 0) is 6.18 Å². The smallest absolute Gasteiger partial charge is 0.267 e. The number of unbranched alkanes of at least 4 members (excludes halogenated alkanes) is 2. The number of hydrogen-bond donors (Lipinski definition) is 0. The number of carbonyl (C=O) groups is 1. The van der Waals surface area contributed by atoms with Gasteiger partial charge in [0.05, 0.1) is 12.1 Å². The average molecular weight is 388 g/mol. The number of hydrazone groups is 1. The number of rotatable bonds is 6. The zero-order valence-corrected chi connectivity index (χ0v) is 15.7. The van der Waals surface area contributed by atoms with Crippen molar-refractivity contribution in [2.24, 2.45) is 5.10 Å². The van der Waals surface area contributed by atoms with Crippen LogP contribution in [0.3, 0.4) is 0 Å². The molecule has 0 aliphatic carbocycles. The highest BCUT2D eigenvalue weighted by molar-refractivity contribution is 5.99. The second-order valence-corrected chi connectivity index (χ2v) is 6.98. The van der Waals surface area contributed by atoms with E-state index in [1.165, 1.54) is 17.1 Å². The molecular formula is C22H23F3N2O. The number of nitrogens with zero attached hydrogens (tertiary/aromatic N) is 2. The maximum absolute atomic E-state index is 13.0. The topological polar surface area (TPSA) is 32.7 Å². The first-order chi connectivity index (χ1) is 13.4. The number of alkyl halides is 3. The Kier molecular flexibility index (Phi) is 6.17. The largest absolute Gasteiger partial charge is 0.416 e. The Morgan fingerprint density at radius 1 is 1.11 bits per heavy atom. The summed E-state index contributed by atoms with van der Waals surface area (Å²) in [4.78, 5) is 12.8. The molecule has 1 unspecified atom stereocenters. The molecule has 0 saturated heterocycles. The molecule has 1 aliphatic heterocycles. The van der Waals surface area contributed by atoms with Crippen molar-refractivity contribution in [2.75, 3.05) is 6.54 Å². The van der Waals surface area contributed by atoms with Crippen LogP contribution in [0.15, 0.2) is 59.7 Å². The third kappa shape index (κ3) is 4.61. The fourth-order valence-electron chi connectivity index (χ4n) is 3.41. The average Bonchev–Trinajstić information content (AvgIpc) is 3.12. The SMILES string of the molecule is CCCCCC1=NN(C(=O)c2cccc(C(F)(F)F)c2)CC1c1ccccc1. The molecule has 28 heavy (non-hydrogen) atoms. The van der Waals surface area contributed by atoms with Crippen LogP contribution < -0.4 is 0 Å². The second-order valence-electron chi connectivity index (χ2n) is 6.98. The molecule has 3 nitrogen and oxygen atoms in total. The molecule has 0 N–H and O–H groups in total. The molecule has 0 fully saturated rings. The molecule has 0 saturated carbocycles. The summed E-state index contributed by atoms with van der Waals surface area (Å²) in [7, 11) is 0. The molecule has 148 valence electrons. The van der Waals surface area contributed by atoms with Crippen LogP contribution in [0.25, 0.3) is 0 Å². The highest BCUT2D eigenvalue weighted by Crippen LogP contribution is 2.31. The maximum Gasteiger partial charge on any atom is 0.416 e. The van der Waals surface area contributed by atoms with Gasteiger partial charge in [-0.1, -0.05) is 56.2 Å². The molecule has 6 heteroatoms. The molecule has 0 spiro atoms. The standard InChI is InChI=1S/C22H23F3N2O/c1-2-3-5-13-20-19(16-9-6-4-7-10-16)15-27(26-20)21(28)17-11-8-12-18(14-17)22(23,24)25/h4,6-12,14,19H,2-3,5,13,15H2,1H3. The Bertz CT molecular complexity index is 846. The van der Waals surface area contributed by atoms with Crippen molar-refractivity contribution in [3.05, 3.63) is 71.3 Å². The van der Waals surface area contributed by atoms with E-state index in [0.29, 0.717) is 6.54 Å². The Morgan fingerprint density at radius 2 is 1.86 bits per heavy atom. The lowest BCUT2D eigenvalue weighted by atomic mass is 9.92. The quantitative estimate of drug-likeness (QED) is 0.569. The highest BCUT2D eigenvalue weighted by Gasteiger charge is 2.34. The molecule has 0 bridgehead atoms. The Hall–Kier alpha value is -2.63. The minimum Gasteiger partial charge on any atom is -0.267 e. The van der Waals surface area contributed by atoms with E-state index in [9.17, 15) is 18.0 Å². The summed E-state index contributed by atoms with van der Waals surface area (Å²) in [5.74, 6) is -0.523. The number of halogens is 3. The van der Waals surface area contributed by atoms with Crippen LogP contribution in [-0.4, -0.2) is 23.2 Å². The van der Waals surface area contributed by atoms with Crippen molar-refractivity contribution in [2.45, 2.75) is 44.7 Å². The normalized spacial score (nSPS) is 16.9. The van der Waals surface area contributed by atoms with Crippen LogP contribution in [0.5, 0.6) is 0 Å². The van der Waals surface area contributed by atoms with Crippen LogP contribution >= 0.6 is 0 Å². The summed E-state index contributed by atoms with van der Waals surface area (Å²) in [6, 6.07) is 14.3. The summed E-state index contributed by atoms with van der Waals surface area (Å²) in [6.07, 6.45) is -0.579. The summed E-state index contributed by atoms with van der Waals surface area (Å²) < 4.78 is 38.9. The van der Waals surface area contributed by atoms with Gasteiger partial charge >= 0.3 is 6.18 Å². The first kappa shape index (κ1) is 20.1. The molecule has 1 heterocycles. The maximum atomic E-state index is 13.0. The third-order valence-corrected chi connectivity index (χ3v) is 4.92. The molecule has 1 amide bonds. The van der Waals surface area contributed by atoms with E-state index < -0.39 is 17.6 Å².